The molecule has 2 amide bonds. The zero-order chi connectivity index (χ0) is 17.9. The molecule has 0 radical (unpaired) electrons. The first-order valence-corrected chi connectivity index (χ1v) is 8.91. The monoisotopic (exact) mass is 340 g/mol. The fourth-order valence-electron chi connectivity index (χ4n) is 2.68. The van der Waals surface area contributed by atoms with Crippen molar-refractivity contribution < 1.29 is 9.53 Å². The Morgan fingerprint density at radius 2 is 1.52 bits per heavy atom. The minimum absolute atomic E-state index is 0.111. The van der Waals surface area contributed by atoms with Gasteiger partial charge in [-0.1, -0.05) is 48.5 Å². The van der Waals surface area contributed by atoms with Crippen LogP contribution in [0.5, 0.6) is 5.75 Å². The highest BCUT2D eigenvalue weighted by Gasteiger charge is 2.03. The third-order valence-corrected chi connectivity index (χ3v) is 4.03. The number of nitrogens with one attached hydrogen (secondary N) is 2. The Kier molecular flexibility index (Phi) is 7.83. The molecule has 0 aromatic heterocycles. The van der Waals surface area contributed by atoms with Gasteiger partial charge >= 0.3 is 6.03 Å². The summed E-state index contributed by atoms with van der Waals surface area (Å²) in [6, 6.07) is 16.3. The summed E-state index contributed by atoms with van der Waals surface area (Å²) in [5, 5.41) is 5.76. The van der Waals surface area contributed by atoms with Gasteiger partial charge in [-0.2, -0.15) is 0 Å². The van der Waals surface area contributed by atoms with E-state index in [2.05, 4.69) is 22.8 Å². The molecule has 25 heavy (non-hydrogen) atoms. The average Bonchev–Trinajstić information content (AvgIpc) is 2.61. The lowest BCUT2D eigenvalue weighted by Crippen LogP contribution is -2.37. The lowest BCUT2D eigenvalue weighted by Gasteiger charge is -2.12. The van der Waals surface area contributed by atoms with E-state index in [4.69, 9.17) is 4.74 Å². The summed E-state index contributed by atoms with van der Waals surface area (Å²) >= 11 is 0. The molecule has 4 nitrogen and oxygen atoms in total. The van der Waals surface area contributed by atoms with Crippen molar-refractivity contribution in [2.45, 2.75) is 33.1 Å². The first-order valence-electron chi connectivity index (χ1n) is 8.91. The van der Waals surface area contributed by atoms with Gasteiger partial charge in [0.1, 0.15) is 5.75 Å². The van der Waals surface area contributed by atoms with Gasteiger partial charge in [0, 0.05) is 13.1 Å². The zero-order valence-corrected chi connectivity index (χ0v) is 15.2. The molecule has 2 aromatic rings. The molecule has 0 fully saturated rings. The number of hydrogen-bond donors (Lipinski definition) is 2. The molecule has 0 saturated carbocycles. The van der Waals surface area contributed by atoms with E-state index in [1.54, 1.807) is 0 Å². The number of amides is 2. The van der Waals surface area contributed by atoms with Crippen LogP contribution in [0.1, 0.15) is 29.5 Å². The van der Waals surface area contributed by atoms with E-state index >= 15 is 0 Å². The minimum atomic E-state index is -0.111. The Balaban J connectivity index is 1.52. The topological polar surface area (TPSA) is 50.4 Å². The van der Waals surface area contributed by atoms with Crippen molar-refractivity contribution in [1.82, 2.24) is 10.6 Å². The van der Waals surface area contributed by atoms with Crippen LogP contribution in [0.2, 0.25) is 0 Å². The summed E-state index contributed by atoms with van der Waals surface area (Å²) in [6.45, 7) is 5.97. The van der Waals surface area contributed by atoms with Crippen LogP contribution >= 0.6 is 0 Å². The third kappa shape index (κ3) is 6.87. The SMILES string of the molecule is Cc1cccc(C)c1OCCCNC(=O)NCCCc1ccccc1. The smallest absolute Gasteiger partial charge is 0.314 e. The Morgan fingerprint density at radius 1 is 0.880 bits per heavy atom. The number of carbonyl (C=O) groups is 1. The molecular formula is C21H28N2O2. The van der Waals surface area contributed by atoms with E-state index in [-0.39, 0.29) is 6.03 Å². The molecule has 2 rings (SSSR count). The van der Waals surface area contributed by atoms with Crippen molar-refractivity contribution in [2.75, 3.05) is 19.7 Å². The molecule has 134 valence electrons. The maximum absolute atomic E-state index is 11.7. The molecule has 0 unspecified atom stereocenters. The van der Waals surface area contributed by atoms with E-state index in [9.17, 15) is 4.79 Å². The van der Waals surface area contributed by atoms with Crippen molar-refractivity contribution >= 4 is 6.03 Å². The first kappa shape index (κ1) is 18.8. The second kappa shape index (κ2) is 10.4. The van der Waals surface area contributed by atoms with Gasteiger partial charge in [-0.25, -0.2) is 4.79 Å². The molecular weight excluding hydrogens is 312 g/mol. The van der Waals surface area contributed by atoms with Gasteiger partial charge in [-0.05, 0) is 49.8 Å². The van der Waals surface area contributed by atoms with Crippen LogP contribution in [0.4, 0.5) is 4.79 Å². The summed E-state index contributed by atoms with van der Waals surface area (Å²) in [7, 11) is 0. The van der Waals surface area contributed by atoms with Crippen molar-refractivity contribution in [2.24, 2.45) is 0 Å². The average molecular weight is 340 g/mol. The van der Waals surface area contributed by atoms with E-state index in [0.29, 0.717) is 19.7 Å². The van der Waals surface area contributed by atoms with E-state index in [1.807, 2.05) is 50.2 Å². The zero-order valence-electron chi connectivity index (χ0n) is 15.2. The van der Waals surface area contributed by atoms with Gasteiger partial charge in [0.25, 0.3) is 0 Å². The van der Waals surface area contributed by atoms with Gasteiger partial charge in [-0.15, -0.1) is 0 Å². The molecule has 2 N–H and O–H groups in total. The van der Waals surface area contributed by atoms with Crippen LogP contribution < -0.4 is 15.4 Å². The van der Waals surface area contributed by atoms with Gasteiger partial charge in [0.2, 0.25) is 0 Å². The fraction of sp³-hybridized carbons (Fsp3) is 0.381. The lowest BCUT2D eigenvalue weighted by molar-refractivity contribution is 0.239. The number of ether oxygens (including phenoxy) is 1. The lowest BCUT2D eigenvalue weighted by atomic mass is 10.1. The molecule has 4 heteroatoms. The Labute approximate surface area is 150 Å². The number of carbonyl (C=O) groups excluding carboxylic acids is 1. The third-order valence-electron chi connectivity index (χ3n) is 4.03. The van der Waals surface area contributed by atoms with Gasteiger partial charge in [-0.3, -0.25) is 0 Å². The standard InChI is InChI=1S/C21H28N2O2/c1-17-9-6-10-18(2)20(17)25-16-8-15-23-21(24)22-14-7-13-19-11-4-3-5-12-19/h3-6,9-12H,7-8,13-16H2,1-2H3,(H2,22,23,24). The molecule has 0 bridgehead atoms. The number of aryl methyl sites for hydroxylation is 3. The predicted molar refractivity (Wildman–Crippen MR) is 102 cm³/mol. The first-order chi connectivity index (χ1) is 12.2. The summed E-state index contributed by atoms with van der Waals surface area (Å²) < 4.78 is 5.83. The highest BCUT2D eigenvalue weighted by atomic mass is 16.5. The van der Waals surface area contributed by atoms with Crippen LogP contribution in [0.3, 0.4) is 0 Å². The van der Waals surface area contributed by atoms with Crippen LogP contribution in [0, 0.1) is 13.8 Å². The van der Waals surface area contributed by atoms with Gasteiger partial charge < -0.3 is 15.4 Å². The molecule has 0 heterocycles. The number of benzene rings is 2. The highest BCUT2D eigenvalue weighted by Crippen LogP contribution is 2.22. The molecule has 0 aliphatic rings. The second-order valence-electron chi connectivity index (χ2n) is 6.19. The summed E-state index contributed by atoms with van der Waals surface area (Å²) in [6.07, 6.45) is 2.70. The molecule has 0 aliphatic heterocycles. The fourth-order valence-corrected chi connectivity index (χ4v) is 2.68. The summed E-state index contributed by atoms with van der Waals surface area (Å²) in [5.41, 5.74) is 3.58. The Bertz CT molecular complexity index is 636. The van der Waals surface area contributed by atoms with Crippen molar-refractivity contribution in [3.05, 3.63) is 65.2 Å². The van der Waals surface area contributed by atoms with Crippen LogP contribution in [-0.2, 0) is 6.42 Å². The van der Waals surface area contributed by atoms with Crippen molar-refractivity contribution in [3.63, 3.8) is 0 Å². The van der Waals surface area contributed by atoms with Crippen molar-refractivity contribution in [3.8, 4) is 5.75 Å². The van der Waals surface area contributed by atoms with Crippen LogP contribution in [0.25, 0.3) is 0 Å². The maximum Gasteiger partial charge on any atom is 0.314 e. The normalized spacial score (nSPS) is 10.3. The van der Waals surface area contributed by atoms with E-state index in [0.717, 1.165) is 36.1 Å². The molecule has 2 aromatic carbocycles. The second-order valence-corrected chi connectivity index (χ2v) is 6.19. The molecule has 0 saturated heterocycles. The molecule has 0 aliphatic carbocycles. The minimum Gasteiger partial charge on any atom is -0.493 e. The number of para-hydroxylation sites is 1. The number of hydrogen-bond acceptors (Lipinski definition) is 2. The predicted octanol–water partition coefficient (Wildman–Crippen LogP) is 4.00. The van der Waals surface area contributed by atoms with Crippen molar-refractivity contribution in [1.29, 1.82) is 0 Å². The van der Waals surface area contributed by atoms with Crippen LogP contribution in [0.15, 0.2) is 48.5 Å². The molecule has 0 atom stereocenters. The number of urea groups is 1. The van der Waals surface area contributed by atoms with Crippen LogP contribution in [-0.4, -0.2) is 25.7 Å². The highest BCUT2D eigenvalue weighted by molar-refractivity contribution is 5.73. The number of rotatable bonds is 9. The molecule has 0 spiro atoms. The Hall–Kier alpha value is -2.49. The van der Waals surface area contributed by atoms with Gasteiger partial charge in [0.15, 0.2) is 0 Å². The Morgan fingerprint density at radius 3 is 2.20 bits per heavy atom. The quantitative estimate of drug-likeness (QED) is 0.678. The van der Waals surface area contributed by atoms with E-state index in [1.165, 1.54) is 5.56 Å². The van der Waals surface area contributed by atoms with E-state index < -0.39 is 0 Å². The largest absolute Gasteiger partial charge is 0.493 e. The van der Waals surface area contributed by atoms with Gasteiger partial charge in [0.05, 0.1) is 6.61 Å². The maximum atomic E-state index is 11.7. The summed E-state index contributed by atoms with van der Waals surface area (Å²) in [5.74, 6) is 0.952. The summed E-state index contributed by atoms with van der Waals surface area (Å²) in [4.78, 5) is 11.7.